The first kappa shape index (κ1) is 11.0. The first-order valence-electron chi connectivity index (χ1n) is 5.15. The molecule has 0 saturated carbocycles. The number of hydrogen-bond acceptors (Lipinski definition) is 3. The summed E-state index contributed by atoms with van der Waals surface area (Å²) in [4.78, 5) is 4.23. The van der Waals surface area contributed by atoms with Crippen molar-refractivity contribution in [3.63, 3.8) is 0 Å². The lowest BCUT2D eigenvalue weighted by atomic mass is 10.0. The first-order valence-corrected chi connectivity index (χ1v) is 6.03. The molecule has 1 aromatic carbocycles. The molecule has 0 radical (unpaired) electrons. The van der Waals surface area contributed by atoms with E-state index in [4.69, 9.17) is 5.73 Å². The molecule has 3 heteroatoms. The lowest BCUT2D eigenvalue weighted by molar-refractivity contribution is 0.751. The lowest BCUT2D eigenvalue weighted by Gasteiger charge is -2.12. The zero-order valence-electron chi connectivity index (χ0n) is 8.97. The van der Waals surface area contributed by atoms with Gasteiger partial charge in [0.25, 0.3) is 0 Å². The summed E-state index contributed by atoms with van der Waals surface area (Å²) >= 11 is 1.60. The molecule has 1 unspecified atom stereocenters. The van der Waals surface area contributed by atoms with Crippen LogP contribution < -0.4 is 5.73 Å². The Labute approximate surface area is 99.5 Å². The molecule has 82 valence electrons. The molecular weight excluding hydrogens is 216 g/mol. The molecule has 2 N–H and O–H groups in total. The number of thiazole rings is 1. The lowest BCUT2D eigenvalue weighted by Crippen LogP contribution is -2.10. The Hall–Kier alpha value is -1.45. The molecule has 0 aliphatic carbocycles. The van der Waals surface area contributed by atoms with E-state index >= 15 is 0 Å². The highest BCUT2D eigenvalue weighted by molar-refractivity contribution is 7.10. The second-order valence-corrected chi connectivity index (χ2v) is 4.56. The molecule has 2 nitrogen and oxygen atoms in total. The van der Waals surface area contributed by atoms with Gasteiger partial charge in [0.15, 0.2) is 0 Å². The summed E-state index contributed by atoms with van der Waals surface area (Å²) in [5, 5.41) is 2.93. The van der Waals surface area contributed by atoms with Crippen molar-refractivity contribution in [2.24, 2.45) is 5.73 Å². The van der Waals surface area contributed by atoms with Gasteiger partial charge in [-0.3, -0.25) is 0 Å². The zero-order chi connectivity index (χ0) is 11.4. The fourth-order valence-electron chi connectivity index (χ4n) is 1.57. The van der Waals surface area contributed by atoms with Gasteiger partial charge in [0, 0.05) is 17.6 Å². The number of benzene rings is 1. The van der Waals surface area contributed by atoms with Crippen LogP contribution in [0.4, 0.5) is 0 Å². The monoisotopic (exact) mass is 230 g/mol. The van der Waals surface area contributed by atoms with Gasteiger partial charge in [-0.2, -0.15) is 0 Å². The van der Waals surface area contributed by atoms with Gasteiger partial charge in [-0.25, -0.2) is 4.98 Å². The number of rotatable bonds is 4. The quantitative estimate of drug-likeness (QED) is 0.875. The number of nitrogens with two attached hydrogens (primary N) is 1. The minimum absolute atomic E-state index is 0.00222. The number of nitrogens with zero attached hydrogens (tertiary/aromatic N) is 1. The summed E-state index contributed by atoms with van der Waals surface area (Å²) in [6.45, 7) is 4.03. The van der Waals surface area contributed by atoms with Crippen molar-refractivity contribution in [3.05, 3.63) is 59.1 Å². The van der Waals surface area contributed by atoms with E-state index in [0.717, 1.165) is 22.6 Å². The zero-order valence-corrected chi connectivity index (χ0v) is 9.78. The molecule has 0 bridgehead atoms. The maximum absolute atomic E-state index is 6.12. The Kier molecular flexibility index (Phi) is 3.49. The van der Waals surface area contributed by atoms with Crippen LogP contribution in [0, 0.1) is 0 Å². The molecule has 0 spiro atoms. The molecular formula is C13H14N2S. The van der Waals surface area contributed by atoms with E-state index in [1.807, 2.05) is 35.7 Å². The van der Waals surface area contributed by atoms with E-state index < -0.39 is 0 Å². The summed E-state index contributed by atoms with van der Waals surface area (Å²) in [6, 6.07) is 10.1. The predicted octanol–water partition coefficient (Wildman–Crippen LogP) is 3.25. The summed E-state index contributed by atoms with van der Waals surface area (Å²) < 4.78 is 0. The van der Waals surface area contributed by atoms with E-state index in [9.17, 15) is 0 Å². The van der Waals surface area contributed by atoms with E-state index in [-0.39, 0.29) is 6.04 Å². The van der Waals surface area contributed by atoms with E-state index in [0.29, 0.717) is 0 Å². The van der Waals surface area contributed by atoms with Crippen LogP contribution in [0.15, 0.2) is 48.5 Å². The van der Waals surface area contributed by atoms with Crippen molar-refractivity contribution in [1.82, 2.24) is 4.98 Å². The largest absolute Gasteiger partial charge is 0.324 e. The third-order valence-electron chi connectivity index (χ3n) is 2.43. The fraction of sp³-hybridized carbons (Fsp3) is 0.154. The molecule has 0 aliphatic rings. The van der Waals surface area contributed by atoms with Crippen LogP contribution in [0.3, 0.4) is 0 Å². The Morgan fingerprint density at radius 3 is 2.75 bits per heavy atom. The summed E-state index contributed by atoms with van der Waals surface area (Å²) in [7, 11) is 0. The number of hydrogen-bond donors (Lipinski definition) is 1. The third kappa shape index (κ3) is 2.56. The summed E-state index contributed by atoms with van der Waals surface area (Å²) in [6.07, 6.45) is 2.54. The van der Waals surface area contributed by atoms with Gasteiger partial charge in [0.2, 0.25) is 0 Å². The van der Waals surface area contributed by atoms with Gasteiger partial charge in [-0.15, -0.1) is 11.3 Å². The average molecular weight is 230 g/mol. The Bertz CT molecular complexity index is 448. The highest BCUT2D eigenvalue weighted by Gasteiger charge is 2.09. The topological polar surface area (TPSA) is 38.9 Å². The van der Waals surface area contributed by atoms with Crippen LogP contribution in [0.2, 0.25) is 0 Å². The molecule has 1 atom stereocenters. The predicted molar refractivity (Wildman–Crippen MR) is 69.1 cm³/mol. The molecule has 2 aromatic rings. The average Bonchev–Trinajstić information content (AvgIpc) is 2.83. The normalized spacial score (nSPS) is 12.3. The molecule has 2 rings (SSSR count). The summed E-state index contributed by atoms with van der Waals surface area (Å²) in [5.74, 6) is 0. The van der Waals surface area contributed by atoms with E-state index in [1.165, 1.54) is 0 Å². The Morgan fingerprint density at radius 2 is 2.12 bits per heavy atom. The molecule has 1 aromatic heterocycles. The van der Waals surface area contributed by atoms with Crippen molar-refractivity contribution in [2.75, 3.05) is 0 Å². The van der Waals surface area contributed by atoms with Gasteiger partial charge in [0.1, 0.15) is 5.01 Å². The van der Waals surface area contributed by atoms with E-state index in [1.54, 1.807) is 17.5 Å². The molecule has 1 heterocycles. The second kappa shape index (κ2) is 5.05. The van der Waals surface area contributed by atoms with Crippen LogP contribution in [0.5, 0.6) is 0 Å². The van der Waals surface area contributed by atoms with Crippen molar-refractivity contribution < 1.29 is 0 Å². The van der Waals surface area contributed by atoms with Crippen molar-refractivity contribution >= 4 is 16.9 Å². The van der Waals surface area contributed by atoms with Crippen molar-refractivity contribution in [1.29, 1.82) is 0 Å². The molecule has 0 amide bonds. The molecule has 0 fully saturated rings. The fourth-order valence-corrected chi connectivity index (χ4v) is 2.19. The van der Waals surface area contributed by atoms with Crippen LogP contribution in [0.25, 0.3) is 5.57 Å². The maximum Gasteiger partial charge on any atom is 0.118 e. The highest BCUT2D eigenvalue weighted by atomic mass is 32.1. The Balaban J connectivity index is 2.03. The van der Waals surface area contributed by atoms with E-state index in [2.05, 4.69) is 11.6 Å². The smallest absolute Gasteiger partial charge is 0.118 e. The Morgan fingerprint density at radius 1 is 1.38 bits per heavy atom. The van der Waals surface area contributed by atoms with Crippen LogP contribution in [-0.4, -0.2) is 4.98 Å². The molecule has 16 heavy (non-hydrogen) atoms. The van der Waals surface area contributed by atoms with Crippen molar-refractivity contribution in [2.45, 2.75) is 12.5 Å². The third-order valence-corrected chi connectivity index (χ3v) is 3.30. The van der Waals surface area contributed by atoms with Gasteiger partial charge in [-0.05, 0) is 17.6 Å². The molecule has 0 aliphatic heterocycles. The van der Waals surface area contributed by atoms with Crippen molar-refractivity contribution in [3.8, 4) is 0 Å². The maximum atomic E-state index is 6.12. The minimum Gasteiger partial charge on any atom is -0.324 e. The second-order valence-electron chi connectivity index (χ2n) is 3.66. The van der Waals surface area contributed by atoms with Crippen LogP contribution >= 0.6 is 11.3 Å². The standard InChI is InChI=1S/C13H14N2S/c1-10(13-15-7-8-16-13)9-12(14)11-5-3-2-4-6-11/h2-8,12H,1,9,14H2. The van der Waals surface area contributed by atoms with Crippen LogP contribution in [-0.2, 0) is 0 Å². The minimum atomic E-state index is -0.00222. The SMILES string of the molecule is C=C(CC(N)c1ccccc1)c1nccs1. The van der Waals surface area contributed by atoms with Gasteiger partial charge < -0.3 is 5.73 Å². The highest BCUT2D eigenvalue weighted by Crippen LogP contribution is 2.25. The van der Waals surface area contributed by atoms with Crippen LogP contribution in [0.1, 0.15) is 23.0 Å². The summed E-state index contributed by atoms with van der Waals surface area (Å²) in [5.41, 5.74) is 8.26. The van der Waals surface area contributed by atoms with Gasteiger partial charge in [0.05, 0.1) is 0 Å². The molecule has 0 saturated heterocycles. The van der Waals surface area contributed by atoms with Gasteiger partial charge in [-0.1, -0.05) is 36.9 Å². The van der Waals surface area contributed by atoms with Gasteiger partial charge >= 0.3 is 0 Å². The first-order chi connectivity index (χ1) is 7.77. The number of aromatic nitrogens is 1.